The van der Waals surface area contributed by atoms with Gasteiger partial charge in [-0.2, -0.15) is 0 Å². The number of carboxylic acid groups (broad SMARTS) is 1. The Morgan fingerprint density at radius 2 is 1.61 bits per heavy atom. The van der Waals surface area contributed by atoms with Gasteiger partial charge in [-0.25, -0.2) is 4.79 Å². The van der Waals surface area contributed by atoms with Gasteiger partial charge in [-0.1, -0.05) is 12.1 Å². The number of aromatic hydroxyl groups is 3. The van der Waals surface area contributed by atoms with E-state index in [0.29, 0.717) is 5.56 Å². The molecule has 2 aromatic carbocycles. The highest BCUT2D eigenvalue weighted by atomic mass is 79.9. The lowest BCUT2D eigenvalue weighted by Crippen LogP contribution is -1.97. The van der Waals surface area contributed by atoms with Gasteiger partial charge >= 0.3 is 5.97 Å². The summed E-state index contributed by atoms with van der Waals surface area (Å²) in [6.07, 6.45) is 2.50. The second-order valence-electron chi connectivity index (χ2n) is 4.60. The fourth-order valence-electron chi connectivity index (χ4n) is 1.84. The Morgan fingerprint density at radius 3 is 2.26 bits per heavy atom. The van der Waals surface area contributed by atoms with Crippen molar-refractivity contribution in [1.29, 1.82) is 0 Å². The van der Waals surface area contributed by atoms with E-state index in [2.05, 4.69) is 15.9 Å². The third-order valence-corrected chi connectivity index (χ3v) is 3.64. The molecular formula is C16H11BrO6. The fraction of sp³-hybridized carbons (Fsp3) is 0. The largest absolute Gasteiger partial charge is 0.507 e. The van der Waals surface area contributed by atoms with Crippen molar-refractivity contribution in [1.82, 2.24) is 0 Å². The number of carbonyl (C=O) groups excluding carboxylic acids is 1. The second kappa shape index (κ2) is 6.53. The molecule has 0 fully saturated rings. The van der Waals surface area contributed by atoms with E-state index in [1.807, 2.05) is 0 Å². The summed E-state index contributed by atoms with van der Waals surface area (Å²) < 4.78 is 0.254. The lowest BCUT2D eigenvalue weighted by atomic mass is 10.1. The molecule has 0 radical (unpaired) electrons. The molecule has 2 rings (SSSR count). The van der Waals surface area contributed by atoms with Crippen LogP contribution in [0.2, 0.25) is 0 Å². The Bertz CT molecular complexity index is 826. The minimum absolute atomic E-state index is 0.0249. The Hall–Kier alpha value is -2.80. The second-order valence-corrected chi connectivity index (χ2v) is 5.45. The molecule has 0 spiro atoms. The van der Waals surface area contributed by atoms with Crippen LogP contribution in [-0.2, 0) is 0 Å². The number of rotatable bonds is 4. The van der Waals surface area contributed by atoms with E-state index >= 15 is 0 Å². The van der Waals surface area contributed by atoms with Gasteiger partial charge < -0.3 is 20.4 Å². The summed E-state index contributed by atoms with van der Waals surface area (Å²) in [5.41, 5.74) is 0.0869. The van der Waals surface area contributed by atoms with E-state index < -0.39 is 11.8 Å². The number of phenols is 3. The summed E-state index contributed by atoms with van der Waals surface area (Å²) in [6.45, 7) is 0. The number of carboxylic acids is 1. The van der Waals surface area contributed by atoms with Crippen LogP contribution < -0.4 is 0 Å². The maximum absolute atomic E-state index is 12.1. The SMILES string of the molecule is O=C(O)c1cc(/C=C/C(=O)c2cc(Br)c(O)cc2O)ccc1O. The summed E-state index contributed by atoms with van der Waals surface area (Å²) in [7, 11) is 0. The van der Waals surface area contributed by atoms with E-state index in [1.165, 1.54) is 30.3 Å². The van der Waals surface area contributed by atoms with Gasteiger partial charge in [-0.3, -0.25) is 4.79 Å². The molecule has 0 saturated carbocycles. The molecule has 0 unspecified atom stereocenters. The number of halogens is 1. The monoisotopic (exact) mass is 378 g/mol. The van der Waals surface area contributed by atoms with Gasteiger partial charge in [0.25, 0.3) is 0 Å². The molecular weight excluding hydrogens is 368 g/mol. The van der Waals surface area contributed by atoms with Gasteiger partial charge in [0.15, 0.2) is 5.78 Å². The van der Waals surface area contributed by atoms with Crippen molar-refractivity contribution >= 4 is 33.8 Å². The highest BCUT2D eigenvalue weighted by Gasteiger charge is 2.13. The van der Waals surface area contributed by atoms with E-state index in [-0.39, 0.29) is 32.8 Å². The standard InChI is InChI=1S/C16H11BrO6/c17-11-6-9(14(20)7-15(11)21)12(18)3-1-8-2-4-13(19)10(5-8)16(22)23/h1-7,19-21H,(H,22,23)/b3-1+. The van der Waals surface area contributed by atoms with E-state index in [4.69, 9.17) is 5.11 Å². The highest BCUT2D eigenvalue weighted by molar-refractivity contribution is 9.10. The normalized spacial score (nSPS) is 10.8. The molecule has 0 aliphatic heterocycles. The summed E-state index contributed by atoms with van der Waals surface area (Å²) in [4.78, 5) is 23.0. The van der Waals surface area contributed by atoms with E-state index in [9.17, 15) is 24.9 Å². The van der Waals surface area contributed by atoms with Gasteiger partial charge in [0.05, 0.1) is 10.0 Å². The zero-order chi connectivity index (χ0) is 17.1. The number of benzene rings is 2. The van der Waals surface area contributed by atoms with Crippen LogP contribution >= 0.6 is 15.9 Å². The molecule has 0 heterocycles. The number of hydrogen-bond donors (Lipinski definition) is 4. The number of phenolic OH excluding ortho intramolecular Hbond substituents is 2. The van der Waals surface area contributed by atoms with Crippen LogP contribution in [0.25, 0.3) is 6.08 Å². The molecule has 0 saturated heterocycles. The molecule has 0 aliphatic rings. The molecule has 0 aliphatic carbocycles. The molecule has 118 valence electrons. The number of ketones is 1. The number of aromatic carboxylic acids is 1. The van der Waals surface area contributed by atoms with Crippen LogP contribution in [0.15, 0.2) is 40.9 Å². The zero-order valence-corrected chi connectivity index (χ0v) is 13.1. The lowest BCUT2D eigenvalue weighted by molar-refractivity contribution is 0.0693. The maximum Gasteiger partial charge on any atom is 0.339 e. The average Bonchev–Trinajstić information content (AvgIpc) is 2.49. The third kappa shape index (κ3) is 3.70. The predicted molar refractivity (Wildman–Crippen MR) is 85.9 cm³/mol. The van der Waals surface area contributed by atoms with Crippen LogP contribution in [0, 0.1) is 0 Å². The van der Waals surface area contributed by atoms with Gasteiger partial charge in [0.2, 0.25) is 0 Å². The first-order valence-electron chi connectivity index (χ1n) is 6.30. The summed E-state index contributed by atoms with van der Waals surface area (Å²) in [6, 6.07) is 6.18. The van der Waals surface area contributed by atoms with Crippen molar-refractivity contribution in [2.24, 2.45) is 0 Å². The summed E-state index contributed by atoms with van der Waals surface area (Å²) >= 11 is 3.05. The fourth-order valence-corrected chi connectivity index (χ4v) is 2.18. The van der Waals surface area contributed by atoms with Crippen LogP contribution in [0.4, 0.5) is 0 Å². The molecule has 0 atom stereocenters. The molecule has 0 bridgehead atoms. The van der Waals surface area contributed by atoms with Gasteiger partial charge in [-0.15, -0.1) is 0 Å². The minimum atomic E-state index is -1.29. The van der Waals surface area contributed by atoms with E-state index in [0.717, 1.165) is 12.1 Å². The number of hydrogen-bond acceptors (Lipinski definition) is 5. The zero-order valence-electron chi connectivity index (χ0n) is 11.5. The summed E-state index contributed by atoms with van der Waals surface area (Å²) in [5.74, 6) is -2.77. The lowest BCUT2D eigenvalue weighted by Gasteiger charge is -2.04. The molecule has 0 amide bonds. The van der Waals surface area contributed by atoms with Gasteiger partial charge in [0, 0.05) is 6.07 Å². The van der Waals surface area contributed by atoms with Crippen LogP contribution in [0.3, 0.4) is 0 Å². The Balaban J connectivity index is 2.30. The molecule has 0 aromatic heterocycles. The van der Waals surface area contributed by atoms with Crippen LogP contribution in [-0.4, -0.2) is 32.2 Å². The Kier molecular flexibility index (Phi) is 4.71. The number of carbonyl (C=O) groups is 2. The van der Waals surface area contributed by atoms with Crippen LogP contribution in [0.1, 0.15) is 26.3 Å². The molecule has 2 aromatic rings. The molecule has 7 heteroatoms. The smallest absolute Gasteiger partial charge is 0.339 e. The maximum atomic E-state index is 12.1. The molecule has 6 nitrogen and oxygen atoms in total. The third-order valence-electron chi connectivity index (χ3n) is 3.01. The first-order chi connectivity index (χ1) is 10.8. The molecule has 4 N–H and O–H groups in total. The van der Waals surface area contributed by atoms with E-state index in [1.54, 1.807) is 0 Å². The van der Waals surface area contributed by atoms with Crippen molar-refractivity contribution in [2.75, 3.05) is 0 Å². The topological polar surface area (TPSA) is 115 Å². The quantitative estimate of drug-likeness (QED) is 0.479. The Labute approximate surface area is 139 Å². The van der Waals surface area contributed by atoms with Gasteiger partial charge in [-0.05, 0) is 45.8 Å². The van der Waals surface area contributed by atoms with Crippen molar-refractivity contribution in [3.8, 4) is 17.2 Å². The van der Waals surface area contributed by atoms with Crippen molar-refractivity contribution in [3.63, 3.8) is 0 Å². The molecule has 23 heavy (non-hydrogen) atoms. The first kappa shape index (κ1) is 16.6. The highest BCUT2D eigenvalue weighted by Crippen LogP contribution is 2.31. The first-order valence-corrected chi connectivity index (χ1v) is 7.09. The minimum Gasteiger partial charge on any atom is -0.507 e. The van der Waals surface area contributed by atoms with Gasteiger partial charge in [0.1, 0.15) is 22.8 Å². The van der Waals surface area contributed by atoms with Crippen molar-refractivity contribution in [3.05, 3.63) is 57.6 Å². The predicted octanol–water partition coefficient (Wildman–Crippen LogP) is 3.16. The average molecular weight is 379 g/mol. The van der Waals surface area contributed by atoms with Crippen molar-refractivity contribution < 1.29 is 30.0 Å². The van der Waals surface area contributed by atoms with Crippen LogP contribution in [0.5, 0.6) is 17.2 Å². The number of allylic oxidation sites excluding steroid dienone is 1. The summed E-state index contributed by atoms with van der Waals surface area (Å²) in [5, 5.41) is 37.4. The van der Waals surface area contributed by atoms with Crippen molar-refractivity contribution in [2.45, 2.75) is 0 Å². The Morgan fingerprint density at radius 1 is 0.913 bits per heavy atom.